The molecule has 0 aliphatic carbocycles. The van der Waals surface area contributed by atoms with E-state index in [2.05, 4.69) is 20.1 Å². The molecule has 0 atom stereocenters. The molecule has 1 N–H and O–H groups in total. The molecule has 0 amide bonds. The number of aromatic nitrogens is 3. The molecule has 2 aromatic carbocycles. The van der Waals surface area contributed by atoms with E-state index < -0.39 is 34.0 Å². The van der Waals surface area contributed by atoms with E-state index in [9.17, 15) is 32.1 Å². The summed E-state index contributed by atoms with van der Waals surface area (Å²) in [6.07, 6.45) is -1.77. The van der Waals surface area contributed by atoms with Gasteiger partial charge in [-0.25, -0.2) is 13.8 Å². The highest BCUT2D eigenvalue weighted by atomic mass is 19.4. The number of nitro groups is 1. The molecule has 5 rings (SSSR count). The number of alkyl halides is 3. The van der Waals surface area contributed by atoms with Gasteiger partial charge < -0.3 is 4.98 Å². The number of nitro benzene ring substituents is 1. The topological polar surface area (TPSA) is 100 Å². The molecule has 0 saturated heterocycles. The number of pyridine rings is 1. The first-order valence-corrected chi connectivity index (χ1v) is 10.7. The number of H-pyrrole nitrogens is 1. The second kappa shape index (κ2) is 9.08. The Morgan fingerprint density at radius 1 is 1.08 bits per heavy atom. The second-order valence-electron chi connectivity index (χ2n) is 8.15. The number of fused-ring (bicyclic) bond motifs is 1. The Morgan fingerprint density at radius 2 is 1.89 bits per heavy atom. The fourth-order valence-electron chi connectivity index (χ4n) is 3.88. The summed E-state index contributed by atoms with van der Waals surface area (Å²) in [6, 6.07) is 9.19. The van der Waals surface area contributed by atoms with Crippen LogP contribution in [0, 0.1) is 21.7 Å². The zero-order valence-corrected chi connectivity index (χ0v) is 18.6. The van der Waals surface area contributed by atoms with Crippen LogP contribution in [0.2, 0.25) is 0 Å². The van der Waals surface area contributed by atoms with Crippen LogP contribution in [0.15, 0.2) is 59.8 Å². The van der Waals surface area contributed by atoms with Gasteiger partial charge in [-0.1, -0.05) is 12.1 Å². The van der Waals surface area contributed by atoms with Crippen molar-refractivity contribution in [2.75, 3.05) is 0 Å². The monoisotopic (exact) mass is 514 g/mol. The average molecular weight is 514 g/mol. The zero-order chi connectivity index (χ0) is 26.3. The number of nitrogens with zero attached hydrogens (tertiary/aromatic N) is 5. The molecular weight excluding hydrogens is 499 g/mol. The Bertz CT molecular complexity index is 1530. The molecule has 0 unspecified atom stereocenters. The van der Waals surface area contributed by atoms with Gasteiger partial charge in [0.15, 0.2) is 11.6 Å². The van der Waals surface area contributed by atoms with Crippen molar-refractivity contribution >= 4 is 11.9 Å². The molecule has 2 aromatic heterocycles. The number of rotatable bonds is 5. The highest BCUT2D eigenvalue weighted by Gasteiger charge is 2.33. The minimum Gasteiger partial charge on any atom is -0.337 e. The molecule has 3 heterocycles. The normalized spacial score (nSPS) is 13.1. The summed E-state index contributed by atoms with van der Waals surface area (Å²) >= 11 is 0. The van der Waals surface area contributed by atoms with Gasteiger partial charge in [0.05, 0.1) is 58.0 Å². The van der Waals surface area contributed by atoms with Crippen LogP contribution < -0.4 is 0 Å². The van der Waals surface area contributed by atoms with Crippen molar-refractivity contribution in [1.29, 1.82) is 0 Å². The number of hydrogen-bond acceptors (Lipinski definition) is 6. The third kappa shape index (κ3) is 4.75. The highest BCUT2D eigenvalue weighted by Crippen LogP contribution is 2.36. The first-order chi connectivity index (χ1) is 17.6. The van der Waals surface area contributed by atoms with Gasteiger partial charge in [-0.3, -0.25) is 20.1 Å². The molecule has 0 fully saturated rings. The maximum absolute atomic E-state index is 14.1. The van der Waals surface area contributed by atoms with Crippen molar-refractivity contribution in [3.63, 3.8) is 0 Å². The van der Waals surface area contributed by atoms with Crippen LogP contribution in [0.1, 0.15) is 22.5 Å². The third-order valence-electron chi connectivity index (χ3n) is 5.69. The maximum Gasteiger partial charge on any atom is 0.416 e. The van der Waals surface area contributed by atoms with Crippen LogP contribution in [-0.4, -0.2) is 31.1 Å². The van der Waals surface area contributed by atoms with Gasteiger partial charge in [-0.05, 0) is 35.9 Å². The molecule has 0 spiro atoms. The minimum atomic E-state index is -4.71. The second-order valence-corrected chi connectivity index (χ2v) is 8.15. The quantitative estimate of drug-likeness (QED) is 0.209. The summed E-state index contributed by atoms with van der Waals surface area (Å²) < 4.78 is 66.6. The fourth-order valence-corrected chi connectivity index (χ4v) is 3.88. The highest BCUT2D eigenvalue weighted by molar-refractivity contribution is 5.80. The lowest BCUT2D eigenvalue weighted by atomic mass is 10.0. The van der Waals surface area contributed by atoms with Gasteiger partial charge in [0, 0.05) is 12.3 Å². The molecule has 13 heteroatoms. The van der Waals surface area contributed by atoms with E-state index in [-0.39, 0.29) is 35.7 Å². The summed E-state index contributed by atoms with van der Waals surface area (Å²) in [7, 11) is 0. The van der Waals surface area contributed by atoms with E-state index in [0.29, 0.717) is 23.0 Å². The van der Waals surface area contributed by atoms with Gasteiger partial charge in [0.1, 0.15) is 5.82 Å². The summed E-state index contributed by atoms with van der Waals surface area (Å²) in [5.41, 5.74) is 0.0614. The molecule has 0 radical (unpaired) electrons. The molecule has 0 bridgehead atoms. The van der Waals surface area contributed by atoms with Crippen molar-refractivity contribution in [2.45, 2.75) is 19.3 Å². The lowest BCUT2D eigenvalue weighted by molar-refractivity contribution is -0.384. The summed E-state index contributed by atoms with van der Waals surface area (Å²) in [4.78, 5) is 22.0. The van der Waals surface area contributed by atoms with Gasteiger partial charge in [-0.2, -0.15) is 18.3 Å². The van der Waals surface area contributed by atoms with Crippen molar-refractivity contribution in [3.05, 3.63) is 99.0 Å². The van der Waals surface area contributed by atoms with Crippen LogP contribution >= 0.6 is 0 Å². The number of benzene rings is 2. The molecular formula is C24H15F5N6O2. The minimum absolute atomic E-state index is 0.00787. The van der Waals surface area contributed by atoms with Gasteiger partial charge in [0.25, 0.3) is 5.69 Å². The lowest BCUT2D eigenvalue weighted by Crippen LogP contribution is -2.21. The number of aromatic amines is 1. The Kier molecular flexibility index (Phi) is 5.90. The van der Waals surface area contributed by atoms with E-state index in [1.165, 1.54) is 30.6 Å². The SMILES string of the molecule is O=[N+]([O-])c1cc(C(F)(F)F)ccc1-c1ccc(CN2Cc3nc(-c4cccc(F)c4F)[nH]c3C=N2)cn1. The first kappa shape index (κ1) is 24.0. The Hall–Kier alpha value is -4.68. The predicted octanol–water partition coefficient (Wildman–Crippen LogP) is 5.69. The van der Waals surface area contributed by atoms with Gasteiger partial charge in [0.2, 0.25) is 0 Å². The molecule has 37 heavy (non-hydrogen) atoms. The van der Waals surface area contributed by atoms with Crippen LogP contribution in [-0.2, 0) is 19.3 Å². The number of halogens is 5. The van der Waals surface area contributed by atoms with E-state index in [1.807, 2.05) is 0 Å². The van der Waals surface area contributed by atoms with Crippen molar-refractivity contribution in [2.24, 2.45) is 5.10 Å². The smallest absolute Gasteiger partial charge is 0.337 e. The average Bonchev–Trinajstić information content (AvgIpc) is 3.28. The number of hydrogen-bond donors (Lipinski definition) is 1. The molecule has 188 valence electrons. The largest absolute Gasteiger partial charge is 0.416 e. The Balaban J connectivity index is 1.33. The summed E-state index contributed by atoms with van der Waals surface area (Å²) in [5.74, 6) is -1.83. The Morgan fingerprint density at radius 3 is 2.59 bits per heavy atom. The van der Waals surface area contributed by atoms with Gasteiger partial charge >= 0.3 is 6.18 Å². The molecule has 8 nitrogen and oxygen atoms in total. The van der Waals surface area contributed by atoms with Gasteiger partial charge in [-0.15, -0.1) is 0 Å². The number of hydrazone groups is 1. The zero-order valence-electron chi connectivity index (χ0n) is 18.6. The number of imidazole rings is 1. The van der Waals surface area contributed by atoms with Crippen LogP contribution in [0.3, 0.4) is 0 Å². The fraction of sp³-hybridized carbons (Fsp3) is 0.125. The third-order valence-corrected chi connectivity index (χ3v) is 5.69. The first-order valence-electron chi connectivity index (χ1n) is 10.7. The van der Waals surface area contributed by atoms with Crippen LogP contribution in [0.4, 0.5) is 27.6 Å². The van der Waals surface area contributed by atoms with Crippen LogP contribution in [0.25, 0.3) is 22.6 Å². The van der Waals surface area contributed by atoms with Crippen molar-refractivity contribution in [3.8, 4) is 22.6 Å². The summed E-state index contributed by atoms with van der Waals surface area (Å²) in [5, 5.41) is 17.3. The summed E-state index contributed by atoms with van der Waals surface area (Å²) in [6.45, 7) is 0.528. The molecule has 1 aliphatic heterocycles. The standard InChI is InChI=1S/C24H15F5N6O2/c25-17-3-1-2-16(22(17)26)23-32-19-10-31-34(12-20(19)33-23)11-13-4-7-18(30-9-13)15-6-5-14(24(27,28)29)8-21(15)35(36)37/h1-10H,11-12H2,(H,32,33). The van der Waals surface area contributed by atoms with Crippen molar-refractivity contribution < 1.29 is 26.9 Å². The van der Waals surface area contributed by atoms with Crippen LogP contribution in [0.5, 0.6) is 0 Å². The lowest BCUT2D eigenvalue weighted by Gasteiger charge is -2.21. The van der Waals surface area contributed by atoms with E-state index in [4.69, 9.17) is 0 Å². The van der Waals surface area contributed by atoms with Crippen molar-refractivity contribution in [1.82, 2.24) is 20.0 Å². The molecule has 0 saturated carbocycles. The van der Waals surface area contributed by atoms with E-state index in [0.717, 1.165) is 18.2 Å². The molecule has 4 aromatic rings. The Labute approximate surface area is 205 Å². The number of nitrogens with one attached hydrogen (secondary N) is 1. The van der Waals surface area contributed by atoms with E-state index in [1.54, 1.807) is 11.1 Å². The molecule has 1 aliphatic rings. The maximum atomic E-state index is 14.1. The predicted molar refractivity (Wildman–Crippen MR) is 122 cm³/mol. The van der Waals surface area contributed by atoms with E-state index >= 15 is 0 Å².